The van der Waals surface area contributed by atoms with Crippen LogP contribution < -0.4 is 0 Å². The van der Waals surface area contributed by atoms with Gasteiger partial charge in [0.2, 0.25) is 0 Å². The number of fused-ring (bicyclic) bond motifs is 2. The molecule has 3 nitrogen and oxygen atoms in total. The van der Waals surface area contributed by atoms with Gasteiger partial charge in [-0.2, -0.15) is 0 Å². The number of carbonyl (C=O) groups excluding carboxylic acids is 1. The quantitative estimate of drug-likeness (QED) is 0.800. The highest BCUT2D eigenvalue weighted by molar-refractivity contribution is 6.34. The number of likely N-dealkylation sites (N-methyl/N-ethyl adjacent to an activating group) is 1. The molecule has 0 saturated carbocycles. The average molecular weight is 293 g/mol. The molecule has 20 heavy (non-hydrogen) atoms. The van der Waals surface area contributed by atoms with Gasteiger partial charge in [0, 0.05) is 30.7 Å². The molecule has 0 spiro atoms. The Kier molecular flexibility index (Phi) is 4.11. The summed E-state index contributed by atoms with van der Waals surface area (Å²) in [5.41, 5.74) is 0.650. The summed E-state index contributed by atoms with van der Waals surface area (Å²) in [5, 5.41) is 0.561. The van der Waals surface area contributed by atoms with Gasteiger partial charge >= 0.3 is 0 Å². The van der Waals surface area contributed by atoms with E-state index in [1.807, 2.05) is 18.2 Å². The number of hydrogen-bond acceptors (Lipinski definition) is 3. The molecule has 0 radical (unpaired) electrons. The van der Waals surface area contributed by atoms with Crippen molar-refractivity contribution in [2.24, 2.45) is 0 Å². The zero-order valence-corrected chi connectivity index (χ0v) is 12.6. The molecule has 1 aromatic carbocycles. The first-order chi connectivity index (χ1) is 9.65. The smallest absolute Gasteiger partial charge is 0.178 e. The van der Waals surface area contributed by atoms with E-state index in [2.05, 4.69) is 16.8 Å². The maximum atomic E-state index is 12.4. The third-order valence-electron chi connectivity index (χ3n) is 4.77. The first-order valence-corrected chi connectivity index (χ1v) is 7.75. The lowest BCUT2D eigenvalue weighted by molar-refractivity contribution is 0.0923. The third-order valence-corrected chi connectivity index (χ3v) is 5.10. The van der Waals surface area contributed by atoms with Crippen LogP contribution >= 0.6 is 11.6 Å². The number of halogens is 1. The molecule has 4 heteroatoms. The molecule has 2 heterocycles. The minimum absolute atomic E-state index is 0.135. The molecule has 2 atom stereocenters. The third kappa shape index (κ3) is 2.76. The highest BCUT2D eigenvalue weighted by Crippen LogP contribution is 2.28. The molecule has 0 aromatic heterocycles. The SMILES string of the molecule is CN1C2CCC1CN(CC(=O)c1ccccc1Cl)CC2. The monoisotopic (exact) mass is 292 g/mol. The molecule has 2 fully saturated rings. The molecule has 0 amide bonds. The molecule has 108 valence electrons. The van der Waals surface area contributed by atoms with Gasteiger partial charge in [0.25, 0.3) is 0 Å². The highest BCUT2D eigenvalue weighted by Gasteiger charge is 2.35. The zero-order chi connectivity index (χ0) is 14.1. The van der Waals surface area contributed by atoms with E-state index in [1.165, 1.54) is 19.3 Å². The van der Waals surface area contributed by atoms with Gasteiger partial charge in [0.1, 0.15) is 0 Å². The summed E-state index contributed by atoms with van der Waals surface area (Å²) >= 11 is 6.11. The molecular weight excluding hydrogens is 272 g/mol. The lowest BCUT2D eigenvalue weighted by Gasteiger charge is -2.25. The summed E-state index contributed by atoms with van der Waals surface area (Å²) in [5.74, 6) is 0.135. The lowest BCUT2D eigenvalue weighted by Crippen LogP contribution is -2.38. The number of rotatable bonds is 3. The molecule has 3 rings (SSSR count). The Labute approximate surface area is 125 Å². The number of likely N-dealkylation sites (tertiary alicyclic amines) is 1. The Morgan fingerprint density at radius 1 is 1.25 bits per heavy atom. The Balaban J connectivity index is 1.66. The van der Waals surface area contributed by atoms with Crippen molar-refractivity contribution < 1.29 is 4.79 Å². The first-order valence-electron chi connectivity index (χ1n) is 7.37. The topological polar surface area (TPSA) is 23.6 Å². The van der Waals surface area contributed by atoms with Crippen molar-refractivity contribution in [2.75, 3.05) is 26.7 Å². The molecule has 2 aliphatic heterocycles. The van der Waals surface area contributed by atoms with E-state index < -0.39 is 0 Å². The minimum atomic E-state index is 0.135. The van der Waals surface area contributed by atoms with Gasteiger partial charge in [0.05, 0.1) is 11.6 Å². The summed E-state index contributed by atoms with van der Waals surface area (Å²) in [6.07, 6.45) is 3.74. The fourth-order valence-corrected chi connectivity index (χ4v) is 3.74. The van der Waals surface area contributed by atoms with Crippen LogP contribution in [0.1, 0.15) is 29.6 Å². The van der Waals surface area contributed by atoms with Gasteiger partial charge in [-0.05, 0) is 38.4 Å². The van der Waals surface area contributed by atoms with E-state index in [-0.39, 0.29) is 5.78 Å². The molecule has 2 saturated heterocycles. The van der Waals surface area contributed by atoms with Crippen molar-refractivity contribution >= 4 is 17.4 Å². The number of hydrogen-bond donors (Lipinski definition) is 0. The zero-order valence-electron chi connectivity index (χ0n) is 11.9. The van der Waals surface area contributed by atoms with Crippen LogP contribution in [0.4, 0.5) is 0 Å². The second-order valence-electron chi connectivity index (χ2n) is 5.98. The molecule has 2 aliphatic rings. The maximum Gasteiger partial charge on any atom is 0.178 e. The Hall–Kier alpha value is -0.900. The number of ketones is 1. The predicted molar refractivity (Wildman–Crippen MR) is 81.4 cm³/mol. The van der Waals surface area contributed by atoms with Gasteiger partial charge in [-0.25, -0.2) is 0 Å². The fourth-order valence-electron chi connectivity index (χ4n) is 3.50. The maximum absolute atomic E-state index is 12.4. The van der Waals surface area contributed by atoms with Crippen LogP contribution in [0.25, 0.3) is 0 Å². The van der Waals surface area contributed by atoms with E-state index in [0.29, 0.717) is 29.2 Å². The van der Waals surface area contributed by atoms with Crippen LogP contribution in [0, 0.1) is 0 Å². The average Bonchev–Trinajstić information content (AvgIpc) is 2.67. The van der Waals surface area contributed by atoms with Crippen LogP contribution in [-0.4, -0.2) is 54.3 Å². The van der Waals surface area contributed by atoms with E-state index in [4.69, 9.17) is 11.6 Å². The van der Waals surface area contributed by atoms with Crippen LogP contribution in [-0.2, 0) is 0 Å². The Morgan fingerprint density at radius 3 is 2.80 bits per heavy atom. The normalized spacial score (nSPS) is 27.5. The Morgan fingerprint density at radius 2 is 2.00 bits per heavy atom. The summed E-state index contributed by atoms with van der Waals surface area (Å²) in [6.45, 7) is 2.51. The van der Waals surface area contributed by atoms with Crippen LogP contribution in [0.15, 0.2) is 24.3 Å². The summed E-state index contributed by atoms with van der Waals surface area (Å²) < 4.78 is 0. The largest absolute Gasteiger partial charge is 0.299 e. The van der Waals surface area contributed by atoms with Crippen molar-refractivity contribution in [1.29, 1.82) is 0 Å². The molecule has 0 N–H and O–H groups in total. The van der Waals surface area contributed by atoms with Crippen molar-refractivity contribution in [2.45, 2.75) is 31.3 Å². The molecular formula is C16H21ClN2O. The Bertz CT molecular complexity index is 505. The number of carbonyl (C=O) groups is 1. The van der Waals surface area contributed by atoms with Crippen molar-refractivity contribution in [1.82, 2.24) is 9.80 Å². The molecule has 1 aromatic rings. The summed E-state index contributed by atoms with van der Waals surface area (Å²) in [7, 11) is 2.22. The van der Waals surface area contributed by atoms with Crippen molar-refractivity contribution in [3.63, 3.8) is 0 Å². The molecule has 2 unspecified atom stereocenters. The first kappa shape index (κ1) is 14.1. The van der Waals surface area contributed by atoms with Gasteiger partial charge in [-0.15, -0.1) is 0 Å². The molecule has 0 aliphatic carbocycles. The number of benzene rings is 1. The molecule has 2 bridgehead atoms. The van der Waals surface area contributed by atoms with Crippen LogP contribution in [0.2, 0.25) is 5.02 Å². The van der Waals surface area contributed by atoms with E-state index in [9.17, 15) is 4.79 Å². The van der Waals surface area contributed by atoms with E-state index >= 15 is 0 Å². The van der Waals surface area contributed by atoms with Crippen LogP contribution in [0.3, 0.4) is 0 Å². The second-order valence-corrected chi connectivity index (χ2v) is 6.38. The fraction of sp³-hybridized carbons (Fsp3) is 0.562. The number of Topliss-reactive ketones (excluding diaryl/α,β-unsaturated/α-hetero) is 1. The standard InChI is InChI=1S/C16H21ClN2O/c1-18-12-6-7-13(18)10-19(9-8-12)11-16(20)14-4-2-3-5-15(14)17/h2-5,12-13H,6-11H2,1H3. The van der Waals surface area contributed by atoms with Gasteiger partial charge < -0.3 is 0 Å². The van der Waals surface area contributed by atoms with E-state index in [1.54, 1.807) is 6.07 Å². The minimum Gasteiger partial charge on any atom is -0.299 e. The lowest BCUT2D eigenvalue weighted by atomic mass is 10.1. The van der Waals surface area contributed by atoms with Gasteiger partial charge in [0.15, 0.2) is 5.78 Å². The van der Waals surface area contributed by atoms with Gasteiger partial charge in [-0.3, -0.25) is 14.6 Å². The highest BCUT2D eigenvalue weighted by atomic mass is 35.5. The van der Waals surface area contributed by atoms with Crippen molar-refractivity contribution in [3.05, 3.63) is 34.9 Å². The van der Waals surface area contributed by atoms with Crippen molar-refractivity contribution in [3.8, 4) is 0 Å². The second kappa shape index (κ2) is 5.84. The summed E-state index contributed by atoms with van der Waals surface area (Å²) in [6, 6.07) is 8.66. The van der Waals surface area contributed by atoms with Crippen LogP contribution in [0.5, 0.6) is 0 Å². The predicted octanol–water partition coefficient (Wildman–Crippen LogP) is 2.69. The van der Waals surface area contributed by atoms with E-state index in [0.717, 1.165) is 13.1 Å². The number of nitrogens with zero attached hydrogens (tertiary/aromatic N) is 2. The van der Waals surface area contributed by atoms with Gasteiger partial charge in [-0.1, -0.05) is 23.7 Å². The summed E-state index contributed by atoms with van der Waals surface area (Å²) in [4.78, 5) is 17.2.